The second kappa shape index (κ2) is 6.45. The molecule has 2 aromatic heterocycles. The van der Waals surface area contributed by atoms with Crippen LogP contribution in [0.25, 0.3) is 0 Å². The van der Waals surface area contributed by atoms with Crippen LogP contribution in [0.1, 0.15) is 28.3 Å². The van der Waals surface area contributed by atoms with Gasteiger partial charge in [0.25, 0.3) is 5.91 Å². The lowest BCUT2D eigenvalue weighted by atomic mass is 10.1. The van der Waals surface area contributed by atoms with Crippen molar-refractivity contribution in [3.63, 3.8) is 0 Å². The molecule has 0 bridgehead atoms. The maximum atomic E-state index is 12.2. The highest BCUT2D eigenvalue weighted by molar-refractivity contribution is 7.09. The van der Waals surface area contributed by atoms with Crippen LogP contribution in [0.4, 0.5) is 5.69 Å². The summed E-state index contributed by atoms with van der Waals surface area (Å²) in [6, 6.07) is 0.129. The van der Waals surface area contributed by atoms with Gasteiger partial charge in [-0.2, -0.15) is 5.10 Å². The fraction of sp³-hybridized carbons (Fsp3) is 0.500. The third-order valence-electron chi connectivity index (χ3n) is 3.77. The number of thiazole rings is 1. The molecule has 0 aliphatic carbocycles. The lowest BCUT2D eigenvalue weighted by Crippen LogP contribution is -2.47. The van der Waals surface area contributed by atoms with Gasteiger partial charge in [-0.3, -0.25) is 9.48 Å². The molecule has 1 aliphatic heterocycles. The normalized spacial score (nSPS) is 18.5. The molecule has 1 fully saturated rings. The van der Waals surface area contributed by atoms with Gasteiger partial charge in [0, 0.05) is 44.3 Å². The average Bonchev–Trinajstić information content (AvgIpc) is 3.16. The van der Waals surface area contributed by atoms with E-state index in [0.717, 1.165) is 36.6 Å². The highest BCUT2D eigenvalue weighted by Gasteiger charge is 2.23. The number of anilines is 1. The Morgan fingerprint density at radius 2 is 2.45 bits per heavy atom. The van der Waals surface area contributed by atoms with Gasteiger partial charge in [-0.15, -0.1) is 11.3 Å². The number of amides is 1. The van der Waals surface area contributed by atoms with E-state index < -0.39 is 0 Å². The summed E-state index contributed by atoms with van der Waals surface area (Å²) in [6.45, 7) is 2.16. The minimum Gasteiger partial charge on any atom is -0.367 e. The number of carbonyl (C=O) groups excluding carboxylic acids is 1. The predicted octanol–water partition coefficient (Wildman–Crippen LogP) is 0.734. The van der Waals surface area contributed by atoms with Crippen LogP contribution in [0.3, 0.4) is 0 Å². The first kappa shape index (κ1) is 15.0. The van der Waals surface area contributed by atoms with Crippen molar-refractivity contribution >= 4 is 22.9 Å². The summed E-state index contributed by atoms with van der Waals surface area (Å²) in [7, 11) is 1.91. The average molecular weight is 320 g/mol. The summed E-state index contributed by atoms with van der Waals surface area (Å²) in [5.41, 5.74) is 7.09. The molecule has 1 unspecified atom stereocenters. The molecule has 8 heteroatoms. The molecule has 0 radical (unpaired) electrons. The topological polar surface area (TPSA) is 89.1 Å². The SMILES string of the molecule is Cn1cc(N2CCCC(NC(=O)c3csc(CN)n3)C2)cn1. The second-order valence-electron chi connectivity index (χ2n) is 5.46. The van der Waals surface area contributed by atoms with Gasteiger partial charge in [0.15, 0.2) is 0 Å². The van der Waals surface area contributed by atoms with E-state index in [0.29, 0.717) is 12.2 Å². The number of nitrogens with zero attached hydrogens (tertiary/aromatic N) is 4. The molecule has 1 saturated heterocycles. The van der Waals surface area contributed by atoms with Gasteiger partial charge in [0.2, 0.25) is 0 Å². The number of aryl methyl sites for hydroxylation is 1. The summed E-state index contributed by atoms with van der Waals surface area (Å²) >= 11 is 1.42. The standard InChI is InChI=1S/C14H20N6OS/c1-19-8-11(6-16-19)20-4-2-3-10(7-20)17-14(21)12-9-22-13(5-15)18-12/h6,8-10H,2-5,7,15H2,1H3,(H,17,21). The number of nitrogens with two attached hydrogens (primary N) is 1. The first-order valence-corrected chi connectivity index (χ1v) is 8.22. The van der Waals surface area contributed by atoms with E-state index in [2.05, 4.69) is 20.3 Å². The van der Waals surface area contributed by atoms with Crippen molar-refractivity contribution in [1.82, 2.24) is 20.1 Å². The summed E-state index contributed by atoms with van der Waals surface area (Å²) in [6.07, 6.45) is 5.89. The maximum absolute atomic E-state index is 12.2. The number of carbonyl (C=O) groups is 1. The van der Waals surface area contributed by atoms with E-state index in [9.17, 15) is 4.79 Å². The Hall–Kier alpha value is -1.93. The minimum atomic E-state index is -0.117. The van der Waals surface area contributed by atoms with Crippen molar-refractivity contribution in [2.75, 3.05) is 18.0 Å². The lowest BCUT2D eigenvalue weighted by Gasteiger charge is -2.33. The van der Waals surface area contributed by atoms with E-state index >= 15 is 0 Å². The molecule has 2 aromatic rings. The molecule has 1 aliphatic rings. The van der Waals surface area contributed by atoms with Gasteiger partial charge < -0.3 is 16.0 Å². The molecule has 22 heavy (non-hydrogen) atoms. The predicted molar refractivity (Wildman–Crippen MR) is 85.9 cm³/mol. The highest BCUT2D eigenvalue weighted by Crippen LogP contribution is 2.19. The Balaban J connectivity index is 1.61. The highest BCUT2D eigenvalue weighted by atomic mass is 32.1. The molecule has 118 valence electrons. The van der Waals surface area contributed by atoms with Crippen molar-refractivity contribution in [2.45, 2.75) is 25.4 Å². The zero-order valence-electron chi connectivity index (χ0n) is 12.5. The number of nitrogens with one attached hydrogen (secondary N) is 1. The van der Waals surface area contributed by atoms with E-state index in [1.165, 1.54) is 11.3 Å². The van der Waals surface area contributed by atoms with E-state index in [1.807, 2.05) is 19.4 Å². The van der Waals surface area contributed by atoms with Crippen LogP contribution in [0.15, 0.2) is 17.8 Å². The molecule has 1 amide bonds. The number of rotatable bonds is 4. The summed E-state index contributed by atoms with van der Waals surface area (Å²) < 4.78 is 1.79. The van der Waals surface area contributed by atoms with Gasteiger partial charge in [0.1, 0.15) is 10.7 Å². The molecular formula is C14H20N6OS. The van der Waals surface area contributed by atoms with Crippen LogP contribution in [-0.2, 0) is 13.6 Å². The molecule has 3 heterocycles. The van der Waals surface area contributed by atoms with Crippen LogP contribution in [-0.4, -0.2) is 39.8 Å². The fourth-order valence-corrected chi connectivity index (χ4v) is 3.32. The van der Waals surface area contributed by atoms with Gasteiger partial charge in [-0.1, -0.05) is 0 Å². The Bertz CT molecular complexity index is 651. The smallest absolute Gasteiger partial charge is 0.271 e. The molecule has 0 spiro atoms. The largest absolute Gasteiger partial charge is 0.367 e. The summed E-state index contributed by atoms with van der Waals surface area (Å²) in [5, 5.41) is 9.83. The van der Waals surface area contributed by atoms with Gasteiger partial charge >= 0.3 is 0 Å². The first-order valence-electron chi connectivity index (χ1n) is 7.34. The second-order valence-corrected chi connectivity index (χ2v) is 6.40. The van der Waals surface area contributed by atoms with E-state index in [1.54, 1.807) is 10.1 Å². The lowest BCUT2D eigenvalue weighted by molar-refractivity contribution is 0.0928. The Kier molecular flexibility index (Phi) is 4.39. The molecule has 0 aromatic carbocycles. The van der Waals surface area contributed by atoms with Crippen molar-refractivity contribution in [3.05, 3.63) is 28.5 Å². The van der Waals surface area contributed by atoms with Crippen LogP contribution in [0.2, 0.25) is 0 Å². The Labute approximate surface area is 133 Å². The monoisotopic (exact) mass is 320 g/mol. The van der Waals surface area contributed by atoms with Gasteiger partial charge in [-0.25, -0.2) is 4.98 Å². The Morgan fingerprint density at radius 1 is 1.59 bits per heavy atom. The van der Waals surface area contributed by atoms with Crippen LogP contribution < -0.4 is 16.0 Å². The van der Waals surface area contributed by atoms with Crippen LogP contribution in [0.5, 0.6) is 0 Å². The van der Waals surface area contributed by atoms with Crippen molar-refractivity contribution in [2.24, 2.45) is 12.8 Å². The third kappa shape index (κ3) is 3.28. The maximum Gasteiger partial charge on any atom is 0.271 e. The number of aromatic nitrogens is 3. The van der Waals surface area contributed by atoms with E-state index in [-0.39, 0.29) is 11.9 Å². The first-order chi connectivity index (χ1) is 10.7. The summed E-state index contributed by atoms with van der Waals surface area (Å²) in [5.74, 6) is -0.117. The zero-order chi connectivity index (χ0) is 15.5. The van der Waals surface area contributed by atoms with Crippen LogP contribution in [0, 0.1) is 0 Å². The molecule has 0 saturated carbocycles. The Morgan fingerprint density at radius 3 is 3.14 bits per heavy atom. The van der Waals surface area contributed by atoms with Crippen molar-refractivity contribution in [1.29, 1.82) is 0 Å². The summed E-state index contributed by atoms with van der Waals surface area (Å²) in [4.78, 5) is 18.7. The van der Waals surface area contributed by atoms with Crippen LogP contribution >= 0.6 is 11.3 Å². The third-order valence-corrected chi connectivity index (χ3v) is 4.64. The molecule has 3 N–H and O–H groups in total. The minimum absolute atomic E-state index is 0.117. The van der Waals surface area contributed by atoms with Crippen molar-refractivity contribution in [3.8, 4) is 0 Å². The quantitative estimate of drug-likeness (QED) is 0.867. The fourth-order valence-electron chi connectivity index (χ4n) is 2.67. The van der Waals surface area contributed by atoms with E-state index in [4.69, 9.17) is 5.73 Å². The van der Waals surface area contributed by atoms with Gasteiger partial charge in [0.05, 0.1) is 11.9 Å². The zero-order valence-corrected chi connectivity index (χ0v) is 13.3. The molecule has 7 nitrogen and oxygen atoms in total. The number of hydrogen-bond acceptors (Lipinski definition) is 6. The van der Waals surface area contributed by atoms with Gasteiger partial charge in [-0.05, 0) is 12.8 Å². The molecule has 1 atom stereocenters. The number of piperidine rings is 1. The molecular weight excluding hydrogens is 300 g/mol. The number of hydrogen-bond donors (Lipinski definition) is 2. The van der Waals surface area contributed by atoms with Crippen molar-refractivity contribution < 1.29 is 4.79 Å². The molecule has 3 rings (SSSR count).